The van der Waals surface area contributed by atoms with Gasteiger partial charge in [0.2, 0.25) is 0 Å². The monoisotopic (exact) mass is 352 g/mol. The topological polar surface area (TPSA) is 40.5 Å². The van der Waals surface area contributed by atoms with Gasteiger partial charge >= 0.3 is 0 Å². The van der Waals surface area contributed by atoms with Crippen molar-refractivity contribution < 1.29 is 10.2 Å². The van der Waals surface area contributed by atoms with Crippen molar-refractivity contribution in [2.24, 2.45) is 0 Å². The predicted octanol–water partition coefficient (Wildman–Crippen LogP) is 4.79. The Morgan fingerprint density at radius 2 is 1.46 bits per heavy atom. The average molecular weight is 353 g/mol. The Hall–Kier alpha value is -1.64. The van der Waals surface area contributed by atoms with Crippen LogP contribution in [0.3, 0.4) is 0 Å². The fourth-order valence-electron chi connectivity index (χ4n) is 4.58. The molecule has 0 bridgehead atoms. The molecule has 1 aliphatic rings. The van der Waals surface area contributed by atoms with E-state index in [2.05, 4.69) is 48.5 Å². The van der Waals surface area contributed by atoms with Gasteiger partial charge in [0.1, 0.15) is 0 Å². The van der Waals surface area contributed by atoms with E-state index in [1.54, 1.807) is 5.56 Å². The molecule has 0 saturated heterocycles. The number of benzene rings is 2. The second-order valence-corrected chi connectivity index (χ2v) is 7.80. The van der Waals surface area contributed by atoms with Crippen LogP contribution < -0.4 is 0 Å². The summed E-state index contributed by atoms with van der Waals surface area (Å²) < 4.78 is 0. The average Bonchev–Trinajstić information content (AvgIpc) is 3.02. The Morgan fingerprint density at radius 3 is 2.12 bits per heavy atom. The van der Waals surface area contributed by atoms with Gasteiger partial charge in [-0.25, -0.2) is 0 Å². The van der Waals surface area contributed by atoms with Crippen LogP contribution in [0, 0.1) is 0 Å². The van der Waals surface area contributed by atoms with E-state index in [4.69, 9.17) is 0 Å². The van der Waals surface area contributed by atoms with Crippen LogP contribution in [-0.4, -0.2) is 23.4 Å². The van der Waals surface area contributed by atoms with Gasteiger partial charge in [0.25, 0.3) is 0 Å². The molecule has 0 aromatic heterocycles. The molecular weight excluding hydrogens is 320 g/mol. The number of rotatable bonds is 10. The highest BCUT2D eigenvalue weighted by molar-refractivity contribution is 5.43. The zero-order valence-electron chi connectivity index (χ0n) is 15.8. The second kappa shape index (κ2) is 9.34. The summed E-state index contributed by atoms with van der Waals surface area (Å²) in [7, 11) is 0. The number of hydrogen-bond acceptors (Lipinski definition) is 2. The summed E-state index contributed by atoms with van der Waals surface area (Å²) in [6.45, 7) is 0.571. The van der Waals surface area contributed by atoms with Crippen molar-refractivity contribution in [3.63, 3.8) is 0 Å². The van der Waals surface area contributed by atoms with Crippen LogP contribution in [0.5, 0.6) is 0 Å². The quantitative estimate of drug-likeness (QED) is 0.604. The SMILES string of the molecule is OCCCCC1(CCCCO)CCc2ccc(Cc3ccccc3)cc21. The predicted molar refractivity (Wildman–Crippen MR) is 108 cm³/mol. The van der Waals surface area contributed by atoms with E-state index >= 15 is 0 Å². The molecule has 0 radical (unpaired) electrons. The molecule has 26 heavy (non-hydrogen) atoms. The normalized spacial score (nSPS) is 15.2. The van der Waals surface area contributed by atoms with Gasteiger partial charge in [0.05, 0.1) is 0 Å². The molecule has 2 aromatic rings. The number of unbranched alkanes of at least 4 members (excludes halogenated alkanes) is 2. The van der Waals surface area contributed by atoms with Gasteiger partial charge in [-0.1, -0.05) is 61.4 Å². The first-order valence-corrected chi connectivity index (χ1v) is 10.2. The summed E-state index contributed by atoms with van der Waals surface area (Å²) in [4.78, 5) is 0. The van der Waals surface area contributed by atoms with E-state index in [0.29, 0.717) is 0 Å². The van der Waals surface area contributed by atoms with Gasteiger partial charge in [-0.2, -0.15) is 0 Å². The van der Waals surface area contributed by atoms with Crippen molar-refractivity contribution in [3.05, 3.63) is 70.8 Å². The fraction of sp³-hybridized carbons (Fsp3) is 0.500. The molecule has 0 saturated carbocycles. The first-order chi connectivity index (χ1) is 12.8. The van der Waals surface area contributed by atoms with Crippen LogP contribution in [0.25, 0.3) is 0 Å². The largest absolute Gasteiger partial charge is 0.396 e. The van der Waals surface area contributed by atoms with Gasteiger partial charge in [0.15, 0.2) is 0 Å². The molecule has 140 valence electrons. The van der Waals surface area contributed by atoms with E-state index < -0.39 is 0 Å². The Kier molecular flexibility index (Phi) is 6.87. The van der Waals surface area contributed by atoms with E-state index in [9.17, 15) is 10.2 Å². The molecule has 3 rings (SSSR count). The van der Waals surface area contributed by atoms with Gasteiger partial charge in [-0.05, 0) is 72.6 Å². The van der Waals surface area contributed by atoms with Crippen LogP contribution >= 0.6 is 0 Å². The van der Waals surface area contributed by atoms with Crippen molar-refractivity contribution in [2.45, 2.75) is 63.2 Å². The summed E-state index contributed by atoms with van der Waals surface area (Å²) in [5, 5.41) is 18.4. The lowest BCUT2D eigenvalue weighted by atomic mass is 9.73. The maximum Gasteiger partial charge on any atom is 0.0431 e. The molecular formula is C24H32O2. The van der Waals surface area contributed by atoms with Gasteiger partial charge in [0, 0.05) is 13.2 Å². The number of aryl methyl sites for hydroxylation is 1. The molecule has 2 N–H and O–H groups in total. The molecule has 0 aliphatic heterocycles. The standard InChI is InChI=1S/C24H32O2/c25-16-6-4-13-24(14-5-7-17-26)15-12-22-11-10-21(19-23(22)24)18-20-8-2-1-3-9-20/h1-3,8-11,19,25-26H,4-7,12-18H2. The Morgan fingerprint density at radius 1 is 0.769 bits per heavy atom. The van der Waals surface area contributed by atoms with Crippen molar-refractivity contribution in [1.29, 1.82) is 0 Å². The van der Waals surface area contributed by atoms with E-state index in [1.165, 1.54) is 29.5 Å². The van der Waals surface area contributed by atoms with Crippen LogP contribution in [0.4, 0.5) is 0 Å². The number of aliphatic hydroxyl groups excluding tert-OH is 2. The summed E-state index contributed by atoms with van der Waals surface area (Å²) in [6.07, 6.45) is 9.61. The molecule has 2 nitrogen and oxygen atoms in total. The lowest BCUT2D eigenvalue weighted by Crippen LogP contribution is -2.23. The summed E-state index contributed by atoms with van der Waals surface area (Å²) in [6, 6.07) is 17.8. The first-order valence-electron chi connectivity index (χ1n) is 10.2. The highest BCUT2D eigenvalue weighted by atomic mass is 16.3. The Labute approximate surface area is 157 Å². The van der Waals surface area contributed by atoms with Gasteiger partial charge in [-0.3, -0.25) is 0 Å². The zero-order valence-corrected chi connectivity index (χ0v) is 15.8. The molecule has 1 aliphatic carbocycles. The molecule has 2 aromatic carbocycles. The van der Waals surface area contributed by atoms with E-state index in [0.717, 1.165) is 44.9 Å². The summed E-state index contributed by atoms with van der Waals surface area (Å²) >= 11 is 0. The minimum absolute atomic E-state index is 0.242. The Balaban J connectivity index is 1.83. The number of fused-ring (bicyclic) bond motifs is 1. The third-order valence-corrected chi connectivity index (χ3v) is 6.00. The fourth-order valence-corrected chi connectivity index (χ4v) is 4.58. The number of aliphatic hydroxyl groups is 2. The maximum absolute atomic E-state index is 9.21. The van der Waals surface area contributed by atoms with Crippen molar-refractivity contribution >= 4 is 0 Å². The highest BCUT2D eigenvalue weighted by Gasteiger charge is 2.37. The molecule has 0 unspecified atom stereocenters. The van der Waals surface area contributed by atoms with Gasteiger partial charge < -0.3 is 10.2 Å². The summed E-state index contributed by atoms with van der Waals surface area (Å²) in [5.41, 5.74) is 6.05. The Bertz CT molecular complexity index is 668. The van der Waals surface area contributed by atoms with Crippen molar-refractivity contribution in [1.82, 2.24) is 0 Å². The molecule has 0 spiro atoms. The highest BCUT2D eigenvalue weighted by Crippen LogP contribution is 2.46. The summed E-state index contributed by atoms with van der Waals surface area (Å²) in [5.74, 6) is 0. The van der Waals surface area contributed by atoms with Crippen LogP contribution in [0.1, 0.15) is 67.2 Å². The van der Waals surface area contributed by atoms with E-state index in [-0.39, 0.29) is 18.6 Å². The molecule has 2 heteroatoms. The molecule has 0 fully saturated rings. The van der Waals surface area contributed by atoms with Crippen molar-refractivity contribution in [2.75, 3.05) is 13.2 Å². The van der Waals surface area contributed by atoms with Crippen LogP contribution in [0.15, 0.2) is 48.5 Å². The minimum atomic E-state index is 0.242. The molecule has 0 heterocycles. The van der Waals surface area contributed by atoms with Crippen LogP contribution in [0.2, 0.25) is 0 Å². The molecule has 0 atom stereocenters. The van der Waals surface area contributed by atoms with Crippen molar-refractivity contribution in [3.8, 4) is 0 Å². The third kappa shape index (κ3) is 4.55. The lowest BCUT2D eigenvalue weighted by molar-refractivity contribution is 0.253. The van der Waals surface area contributed by atoms with Gasteiger partial charge in [-0.15, -0.1) is 0 Å². The zero-order chi connectivity index (χ0) is 18.2. The lowest BCUT2D eigenvalue weighted by Gasteiger charge is -2.31. The number of hydrogen-bond donors (Lipinski definition) is 2. The third-order valence-electron chi connectivity index (χ3n) is 6.00. The molecule has 0 amide bonds. The smallest absolute Gasteiger partial charge is 0.0431 e. The maximum atomic E-state index is 9.21. The van der Waals surface area contributed by atoms with E-state index in [1.807, 2.05) is 0 Å². The minimum Gasteiger partial charge on any atom is -0.396 e. The first kappa shape index (κ1) is 19.1. The van der Waals surface area contributed by atoms with Crippen LogP contribution in [-0.2, 0) is 18.3 Å². The second-order valence-electron chi connectivity index (χ2n) is 7.80.